The molecule has 0 aliphatic carbocycles. The van der Waals surface area contributed by atoms with Crippen LogP contribution in [0.3, 0.4) is 0 Å². The number of nitrogens with one attached hydrogen (secondary N) is 4. The number of methoxy groups -OCH3 is 2. The lowest BCUT2D eigenvalue weighted by molar-refractivity contribution is -0.135. The molecule has 0 saturated carbocycles. The second kappa shape index (κ2) is 13.3. The highest BCUT2D eigenvalue weighted by Gasteiger charge is 2.40. The quantitative estimate of drug-likeness (QED) is 0.149. The maximum atomic E-state index is 13.7. The first kappa shape index (κ1) is 33.2. The fourth-order valence-electron chi connectivity index (χ4n) is 8.10. The Morgan fingerprint density at radius 3 is 2.73 bits per heavy atom. The fourth-order valence-corrected chi connectivity index (χ4v) is 8.10. The van der Waals surface area contributed by atoms with Crippen LogP contribution in [-0.2, 0) is 20.9 Å². The summed E-state index contributed by atoms with van der Waals surface area (Å²) in [5, 5.41) is 8.54. The minimum Gasteiger partial charge on any atom is -0.488 e. The van der Waals surface area contributed by atoms with Gasteiger partial charge in [-0.1, -0.05) is 39.0 Å². The van der Waals surface area contributed by atoms with E-state index in [1.807, 2.05) is 24.9 Å². The first-order valence-electron chi connectivity index (χ1n) is 17.9. The van der Waals surface area contributed by atoms with E-state index in [1.54, 1.807) is 7.11 Å². The fraction of sp³-hybridized carbons (Fsp3) is 0.436. The lowest BCUT2D eigenvalue weighted by Gasteiger charge is -2.30. The molecule has 12 heteroatoms. The molecule has 0 spiro atoms. The Hall–Kier alpha value is -4.94. The summed E-state index contributed by atoms with van der Waals surface area (Å²) in [7, 11) is 3.06. The maximum Gasteiger partial charge on any atom is 0.407 e. The van der Waals surface area contributed by atoms with Crippen LogP contribution in [0.25, 0.3) is 44.2 Å². The number of aromatic nitrogens is 4. The second-order valence-corrected chi connectivity index (χ2v) is 14.7. The molecule has 2 amide bonds. The molecule has 5 aromatic rings. The number of H-pyrrole nitrogens is 2. The Morgan fingerprint density at radius 1 is 1.06 bits per heavy atom. The molecule has 8 rings (SSSR count). The minimum atomic E-state index is -0.688. The van der Waals surface area contributed by atoms with Gasteiger partial charge in [0.15, 0.2) is 0 Å². The Bertz CT molecular complexity index is 2120. The van der Waals surface area contributed by atoms with Crippen molar-refractivity contribution in [3.63, 3.8) is 0 Å². The van der Waals surface area contributed by atoms with Gasteiger partial charge in [0.25, 0.3) is 0 Å². The number of aromatic amines is 2. The van der Waals surface area contributed by atoms with Gasteiger partial charge in [0.2, 0.25) is 5.91 Å². The Morgan fingerprint density at radius 2 is 1.92 bits per heavy atom. The van der Waals surface area contributed by atoms with Gasteiger partial charge >= 0.3 is 6.09 Å². The predicted molar refractivity (Wildman–Crippen MR) is 194 cm³/mol. The van der Waals surface area contributed by atoms with Crippen LogP contribution in [0.5, 0.6) is 5.75 Å². The zero-order valence-electron chi connectivity index (χ0n) is 29.7. The lowest BCUT2D eigenvalue weighted by atomic mass is 9.92. The first-order chi connectivity index (χ1) is 24.7. The highest BCUT2D eigenvalue weighted by molar-refractivity contribution is 6.07. The molecule has 5 heterocycles. The summed E-state index contributed by atoms with van der Waals surface area (Å²) < 4.78 is 16.6. The Labute approximate surface area is 296 Å². The van der Waals surface area contributed by atoms with Gasteiger partial charge in [0.05, 0.1) is 48.7 Å². The Balaban J connectivity index is 1.04. The number of benzene rings is 3. The average Bonchev–Trinajstić information content (AvgIpc) is 3.95. The predicted octanol–water partition coefficient (Wildman–Crippen LogP) is 6.25. The van der Waals surface area contributed by atoms with Gasteiger partial charge < -0.3 is 39.7 Å². The number of hydrogen-bond donors (Lipinski definition) is 4. The van der Waals surface area contributed by atoms with Gasteiger partial charge in [0, 0.05) is 31.1 Å². The number of ether oxygens (including phenoxy) is 3. The van der Waals surface area contributed by atoms with Crippen molar-refractivity contribution in [1.29, 1.82) is 0 Å². The van der Waals surface area contributed by atoms with Crippen molar-refractivity contribution >= 4 is 33.8 Å². The zero-order chi connectivity index (χ0) is 35.4. The topological polar surface area (TPSA) is 146 Å². The molecule has 12 nitrogen and oxygen atoms in total. The van der Waals surface area contributed by atoms with E-state index in [4.69, 9.17) is 24.2 Å². The summed E-state index contributed by atoms with van der Waals surface area (Å²) in [4.78, 5) is 44.4. The second-order valence-electron chi connectivity index (χ2n) is 14.7. The third-order valence-corrected chi connectivity index (χ3v) is 10.7. The van der Waals surface area contributed by atoms with Crippen LogP contribution < -0.4 is 15.4 Å². The van der Waals surface area contributed by atoms with E-state index in [2.05, 4.69) is 70.0 Å². The van der Waals surface area contributed by atoms with Gasteiger partial charge in [-0.2, -0.15) is 0 Å². The van der Waals surface area contributed by atoms with Gasteiger partial charge in [-0.05, 0) is 76.9 Å². The zero-order valence-corrected chi connectivity index (χ0v) is 29.7. The van der Waals surface area contributed by atoms with Crippen LogP contribution in [0.4, 0.5) is 4.79 Å². The van der Waals surface area contributed by atoms with E-state index in [0.717, 1.165) is 93.1 Å². The molecular weight excluding hydrogens is 646 g/mol. The van der Waals surface area contributed by atoms with Gasteiger partial charge in [-0.3, -0.25) is 4.79 Å². The molecular formula is C39H45N7O5. The van der Waals surface area contributed by atoms with E-state index in [9.17, 15) is 9.59 Å². The van der Waals surface area contributed by atoms with E-state index in [1.165, 1.54) is 7.11 Å². The van der Waals surface area contributed by atoms with E-state index in [-0.39, 0.29) is 23.9 Å². The molecule has 4 N–H and O–H groups in total. The number of imidazole rings is 2. The molecule has 2 aromatic heterocycles. The van der Waals surface area contributed by atoms with Crippen molar-refractivity contribution < 1.29 is 23.8 Å². The first-order valence-corrected chi connectivity index (χ1v) is 17.9. The summed E-state index contributed by atoms with van der Waals surface area (Å²) in [6.45, 7) is 8.69. The van der Waals surface area contributed by atoms with Crippen molar-refractivity contribution in [2.24, 2.45) is 17.8 Å². The normalized spacial score (nSPS) is 21.9. The number of nitrogens with zero attached hydrogens (tertiary/aromatic N) is 3. The summed E-state index contributed by atoms with van der Waals surface area (Å²) in [5.41, 5.74) is 7.15. The smallest absolute Gasteiger partial charge is 0.407 e. The van der Waals surface area contributed by atoms with Crippen LogP contribution in [0.2, 0.25) is 0 Å². The summed E-state index contributed by atoms with van der Waals surface area (Å²) in [6.07, 6.45) is 3.00. The molecule has 3 aliphatic heterocycles. The van der Waals surface area contributed by atoms with E-state index >= 15 is 0 Å². The molecule has 3 aromatic carbocycles. The lowest BCUT2D eigenvalue weighted by Crippen LogP contribution is -2.51. The number of hydrogen-bond acceptors (Lipinski definition) is 8. The van der Waals surface area contributed by atoms with Crippen LogP contribution in [0.1, 0.15) is 62.9 Å². The monoisotopic (exact) mass is 691 g/mol. The van der Waals surface area contributed by atoms with Crippen LogP contribution in [-0.4, -0.2) is 76.8 Å². The molecule has 3 aliphatic rings. The summed E-state index contributed by atoms with van der Waals surface area (Å²) >= 11 is 0. The highest BCUT2D eigenvalue weighted by Crippen LogP contribution is 2.43. The molecule has 0 radical (unpaired) electrons. The van der Waals surface area contributed by atoms with E-state index in [0.29, 0.717) is 25.0 Å². The number of fused-ring (bicyclic) bond motifs is 6. The largest absolute Gasteiger partial charge is 0.488 e. The SMILES string of the molecule is COCC1CN[C@H](c2nc3ccc4cc5c(cc4c3[nH]2)OCc2cc(-c3cnc([C@@H]4C[C@H](C)CN4C(=O)[C@@H](NC(=O)OC)C(C)C)[nH]3)ccc2-5)C1. The highest BCUT2D eigenvalue weighted by atomic mass is 16.5. The molecule has 1 unspecified atom stereocenters. The maximum absolute atomic E-state index is 13.7. The van der Waals surface area contributed by atoms with Crippen molar-refractivity contribution in [1.82, 2.24) is 35.5 Å². The van der Waals surface area contributed by atoms with Crippen molar-refractivity contribution in [3.05, 3.63) is 65.9 Å². The average molecular weight is 692 g/mol. The third-order valence-electron chi connectivity index (χ3n) is 10.7. The number of likely N-dealkylation sites (tertiary alicyclic amines) is 1. The number of rotatable bonds is 8. The van der Waals surface area contributed by atoms with Gasteiger partial charge in [-0.15, -0.1) is 0 Å². The number of alkyl carbamates (subject to hydrolysis) is 1. The molecule has 2 saturated heterocycles. The van der Waals surface area contributed by atoms with Crippen LogP contribution in [0, 0.1) is 17.8 Å². The molecule has 266 valence electrons. The minimum absolute atomic E-state index is 0.102. The molecule has 5 atom stereocenters. The molecule has 0 bridgehead atoms. The van der Waals surface area contributed by atoms with Crippen LogP contribution >= 0.6 is 0 Å². The molecule has 51 heavy (non-hydrogen) atoms. The number of carbonyl (C=O) groups excluding carboxylic acids is 2. The number of carbonyl (C=O) groups is 2. The van der Waals surface area contributed by atoms with Gasteiger partial charge in [0.1, 0.15) is 30.0 Å². The third kappa shape index (κ3) is 6.10. The number of amides is 2. The van der Waals surface area contributed by atoms with Crippen molar-refractivity contribution in [2.45, 2.75) is 58.3 Å². The van der Waals surface area contributed by atoms with E-state index < -0.39 is 12.1 Å². The summed E-state index contributed by atoms with van der Waals surface area (Å²) in [5.74, 6) is 3.10. The standard InChI is InChI=1S/C39H45N7O5/c1-20(2)34(45-39(48)50-5)38(47)46-17-21(3)10-32(46)37-41-16-31(43-37)24-6-8-26-25(12-24)19-51-33-14-27-23(13-28(26)33)7-9-29-35(27)44-36(42-29)30-11-22(15-40-30)18-49-4/h6-9,12-14,16,20-22,30,32,34,40H,10-11,15,17-19H2,1-5H3,(H,41,43)(H,42,44)(H,45,48)/t21-,22?,30-,32-,34-/m0/s1. The van der Waals surface area contributed by atoms with Gasteiger partial charge in [-0.25, -0.2) is 14.8 Å². The Kier molecular flexibility index (Phi) is 8.67. The van der Waals surface area contributed by atoms with Crippen molar-refractivity contribution in [2.75, 3.05) is 33.9 Å². The molecule has 2 fully saturated rings. The van der Waals surface area contributed by atoms with Crippen LogP contribution in [0.15, 0.2) is 48.7 Å². The van der Waals surface area contributed by atoms with Crippen molar-refractivity contribution in [3.8, 4) is 28.1 Å². The summed E-state index contributed by atoms with van der Waals surface area (Å²) in [6, 6.07) is 14.3.